The lowest BCUT2D eigenvalue weighted by molar-refractivity contribution is -0.118. The maximum atomic E-state index is 13.3. The minimum atomic E-state index is -0.736. The second kappa shape index (κ2) is 9.68. The number of anilines is 1. The van der Waals surface area contributed by atoms with Crippen LogP contribution in [-0.4, -0.2) is 28.9 Å². The van der Waals surface area contributed by atoms with Gasteiger partial charge in [0.2, 0.25) is 0 Å². The Hall–Kier alpha value is -3.29. The number of Topliss-reactive ketones (excluding diaryl/α,β-unsaturated/α-hetero) is 1. The summed E-state index contributed by atoms with van der Waals surface area (Å²) in [5, 5.41) is 12.8. The molecule has 1 amide bonds. The van der Waals surface area contributed by atoms with Crippen molar-refractivity contribution in [1.29, 1.82) is 0 Å². The first-order chi connectivity index (χ1) is 15.9. The molecular weight excluding hydrogens is 436 g/mol. The largest absolute Gasteiger partial charge is 0.503 e. The molecule has 170 valence electrons. The van der Waals surface area contributed by atoms with E-state index in [1.807, 2.05) is 67.8 Å². The van der Waals surface area contributed by atoms with Crippen LogP contribution in [0.2, 0.25) is 0 Å². The third-order valence-corrected chi connectivity index (χ3v) is 6.21. The summed E-state index contributed by atoms with van der Waals surface area (Å²) in [5.74, 6) is -1.20. The summed E-state index contributed by atoms with van der Waals surface area (Å²) in [6, 6.07) is 14.2. The quantitative estimate of drug-likeness (QED) is 0.480. The SMILES string of the molecule is COCc1ccccc1C1C(C(=O)CC(C)C)=C(O)C(=O)N1c1ccc(-c2cscn2)cc1. The van der Waals surface area contributed by atoms with Crippen molar-refractivity contribution in [2.45, 2.75) is 32.9 Å². The van der Waals surface area contributed by atoms with E-state index in [0.717, 1.165) is 22.4 Å². The molecule has 0 saturated heterocycles. The Labute approximate surface area is 197 Å². The predicted octanol–water partition coefficient (Wildman–Crippen LogP) is 5.47. The Kier molecular flexibility index (Phi) is 6.72. The fourth-order valence-corrected chi connectivity index (χ4v) is 4.73. The van der Waals surface area contributed by atoms with Crippen LogP contribution in [0.4, 0.5) is 5.69 Å². The van der Waals surface area contributed by atoms with Crippen LogP contribution in [0.3, 0.4) is 0 Å². The van der Waals surface area contributed by atoms with E-state index in [1.165, 1.54) is 16.2 Å². The van der Waals surface area contributed by atoms with E-state index in [9.17, 15) is 14.7 Å². The van der Waals surface area contributed by atoms with E-state index in [1.54, 1.807) is 12.6 Å². The van der Waals surface area contributed by atoms with Crippen molar-refractivity contribution in [3.63, 3.8) is 0 Å². The van der Waals surface area contributed by atoms with Gasteiger partial charge in [-0.2, -0.15) is 0 Å². The van der Waals surface area contributed by atoms with E-state index in [4.69, 9.17) is 4.74 Å². The van der Waals surface area contributed by atoms with E-state index >= 15 is 0 Å². The summed E-state index contributed by atoms with van der Waals surface area (Å²) in [6.07, 6.45) is 0.242. The van der Waals surface area contributed by atoms with Crippen molar-refractivity contribution in [3.05, 3.63) is 81.9 Å². The van der Waals surface area contributed by atoms with Gasteiger partial charge >= 0.3 is 0 Å². The molecule has 1 aromatic heterocycles. The summed E-state index contributed by atoms with van der Waals surface area (Å²) in [5.41, 5.74) is 5.89. The van der Waals surface area contributed by atoms with Gasteiger partial charge in [0.25, 0.3) is 5.91 Å². The third-order valence-electron chi connectivity index (χ3n) is 5.63. The van der Waals surface area contributed by atoms with Crippen LogP contribution in [0, 0.1) is 5.92 Å². The minimum Gasteiger partial charge on any atom is -0.503 e. The Morgan fingerprint density at radius 2 is 1.91 bits per heavy atom. The fraction of sp³-hybridized carbons (Fsp3) is 0.269. The number of amides is 1. The van der Waals surface area contributed by atoms with Crippen LogP contribution in [0.25, 0.3) is 11.3 Å². The van der Waals surface area contributed by atoms with E-state index in [0.29, 0.717) is 12.3 Å². The summed E-state index contributed by atoms with van der Waals surface area (Å²) in [6.45, 7) is 4.20. The molecule has 1 unspecified atom stereocenters. The third kappa shape index (κ3) is 4.47. The molecule has 0 fully saturated rings. The number of aliphatic hydroxyl groups excluding tert-OH is 1. The van der Waals surface area contributed by atoms with Gasteiger partial charge in [0.05, 0.1) is 29.4 Å². The normalized spacial score (nSPS) is 16.2. The summed E-state index contributed by atoms with van der Waals surface area (Å²) in [4.78, 5) is 32.3. The zero-order chi connectivity index (χ0) is 23.5. The number of thiazole rings is 1. The second-order valence-electron chi connectivity index (χ2n) is 8.41. The maximum absolute atomic E-state index is 13.3. The molecule has 0 aliphatic carbocycles. The Bertz CT molecular complexity index is 1180. The van der Waals surface area contributed by atoms with Crippen LogP contribution in [0.5, 0.6) is 0 Å². The highest BCUT2D eigenvalue weighted by Gasteiger charge is 2.44. The van der Waals surface area contributed by atoms with Crippen molar-refractivity contribution in [2.75, 3.05) is 12.0 Å². The Morgan fingerprint density at radius 3 is 2.55 bits per heavy atom. The van der Waals surface area contributed by atoms with E-state index in [-0.39, 0.29) is 23.7 Å². The molecule has 33 heavy (non-hydrogen) atoms. The van der Waals surface area contributed by atoms with Crippen LogP contribution in [0.15, 0.2) is 70.8 Å². The van der Waals surface area contributed by atoms with Crippen LogP contribution in [0.1, 0.15) is 37.4 Å². The summed E-state index contributed by atoms with van der Waals surface area (Å²) in [7, 11) is 1.60. The van der Waals surface area contributed by atoms with E-state index < -0.39 is 17.7 Å². The lowest BCUT2D eigenvalue weighted by Crippen LogP contribution is -2.31. The number of benzene rings is 2. The second-order valence-corrected chi connectivity index (χ2v) is 9.13. The first-order valence-electron chi connectivity index (χ1n) is 10.8. The number of carbonyl (C=O) groups is 2. The number of ether oxygens (including phenoxy) is 1. The Morgan fingerprint density at radius 1 is 1.18 bits per heavy atom. The maximum Gasteiger partial charge on any atom is 0.294 e. The van der Waals surface area contributed by atoms with Gasteiger partial charge in [-0.05, 0) is 29.2 Å². The number of carbonyl (C=O) groups excluding carboxylic acids is 2. The zero-order valence-corrected chi connectivity index (χ0v) is 19.6. The summed E-state index contributed by atoms with van der Waals surface area (Å²) >= 11 is 1.51. The predicted molar refractivity (Wildman–Crippen MR) is 129 cm³/mol. The van der Waals surface area contributed by atoms with Gasteiger partial charge in [0, 0.05) is 30.2 Å². The number of rotatable bonds is 8. The Balaban J connectivity index is 1.82. The van der Waals surface area contributed by atoms with Crippen molar-refractivity contribution < 1.29 is 19.4 Å². The van der Waals surface area contributed by atoms with Crippen molar-refractivity contribution in [2.24, 2.45) is 5.92 Å². The van der Waals surface area contributed by atoms with Gasteiger partial charge in [-0.3, -0.25) is 14.5 Å². The smallest absolute Gasteiger partial charge is 0.294 e. The number of hydrogen-bond acceptors (Lipinski definition) is 6. The van der Waals surface area contributed by atoms with Crippen molar-refractivity contribution in [1.82, 2.24) is 4.98 Å². The summed E-state index contributed by atoms with van der Waals surface area (Å²) < 4.78 is 5.37. The molecule has 2 aromatic carbocycles. The fourth-order valence-electron chi connectivity index (χ4n) is 4.17. The lowest BCUT2D eigenvalue weighted by atomic mass is 9.89. The van der Waals surface area contributed by atoms with Crippen molar-refractivity contribution in [3.8, 4) is 11.3 Å². The molecule has 1 atom stereocenters. The van der Waals surface area contributed by atoms with Gasteiger partial charge in [0.15, 0.2) is 11.5 Å². The molecular formula is C26H26N2O4S. The molecule has 7 heteroatoms. The molecule has 1 N–H and O–H groups in total. The molecule has 1 aliphatic rings. The van der Waals surface area contributed by atoms with Crippen LogP contribution in [-0.2, 0) is 20.9 Å². The highest BCUT2D eigenvalue weighted by Crippen LogP contribution is 2.43. The van der Waals surface area contributed by atoms with Gasteiger partial charge in [0.1, 0.15) is 0 Å². The molecule has 0 bridgehead atoms. The molecule has 6 nitrogen and oxygen atoms in total. The standard InChI is InChI=1S/C26H26N2O4S/c1-16(2)12-22(29)23-24(20-7-5-4-6-18(20)13-32-3)28(26(31)25(23)30)19-10-8-17(9-11-19)21-14-33-15-27-21/h4-11,14-16,24,30H,12-13H2,1-3H3. The molecule has 0 spiro atoms. The average molecular weight is 463 g/mol. The molecule has 4 rings (SSSR count). The molecule has 0 radical (unpaired) electrons. The zero-order valence-electron chi connectivity index (χ0n) is 18.8. The first-order valence-corrected chi connectivity index (χ1v) is 11.7. The highest BCUT2D eigenvalue weighted by atomic mass is 32.1. The molecule has 2 heterocycles. The van der Waals surface area contributed by atoms with Crippen molar-refractivity contribution >= 4 is 28.7 Å². The molecule has 3 aromatic rings. The first kappa shape index (κ1) is 22.9. The number of ketones is 1. The topological polar surface area (TPSA) is 79.7 Å². The van der Waals surface area contributed by atoms with E-state index in [2.05, 4.69) is 4.98 Å². The number of aromatic nitrogens is 1. The number of nitrogens with zero attached hydrogens (tertiary/aromatic N) is 2. The average Bonchev–Trinajstić information content (AvgIpc) is 3.42. The monoisotopic (exact) mass is 462 g/mol. The van der Waals surface area contributed by atoms with Crippen LogP contribution < -0.4 is 4.90 Å². The number of hydrogen-bond donors (Lipinski definition) is 1. The van der Waals surface area contributed by atoms with Gasteiger partial charge in [-0.15, -0.1) is 11.3 Å². The molecule has 1 aliphatic heterocycles. The van der Waals surface area contributed by atoms with Gasteiger partial charge in [-0.1, -0.05) is 50.2 Å². The minimum absolute atomic E-state index is 0.0919. The van der Waals surface area contributed by atoms with Crippen LogP contribution >= 0.6 is 11.3 Å². The lowest BCUT2D eigenvalue weighted by Gasteiger charge is -2.28. The number of methoxy groups -OCH3 is 1. The van der Waals surface area contributed by atoms with Gasteiger partial charge in [-0.25, -0.2) is 4.98 Å². The molecule has 0 saturated carbocycles. The highest BCUT2D eigenvalue weighted by molar-refractivity contribution is 7.07. The van der Waals surface area contributed by atoms with Gasteiger partial charge < -0.3 is 9.84 Å². The number of aliphatic hydroxyl groups is 1.